The van der Waals surface area contributed by atoms with Gasteiger partial charge >= 0.3 is 6.01 Å². The number of hydrogen-bond donors (Lipinski definition) is 1. The molecule has 0 aliphatic heterocycles. The van der Waals surface area contributed by atoms with Gasteiger partial charge in [-0.05, 0) is 12.5 Å². The smallest absolute Gasteiger partial charge is 0.337 e. The van der Waals surface area contributed by atoms with Crippen molar-refractivity contribution >= 4 is 5.95 Å². The zero-order chi connectivity index (χ0) is 11.5. The van der Waals surface area contributed by atoms with Crippen molar-refractivity contribution < 1.29 is 4.74 Å². The van der Waals surface area contributed by atoms with Crippen LogP contribution in [0.5, 0.6) is 6.01 Å². The van der Waals surface area contributed by atoms with Crippen LogP contribution in [0.1, 0.15) is 11.1 Å². The molecule has 16 heavy (non-hydrogen) atoms. The molecule has 1 heterocycles. The molecule has 0 amide bonds. The topological polar surface area (TPSA) is 66.0 Å². The zero-order valence-corrected chi connectivity index (χ0v) is 9.34. The molecule has 0 spiro atoms. The first-order valence-corrected chi connectivity index (χ1v) is 4.99. The summed E-state index contributed by atoms with van der Waals surface area (Å²) in [5.74, 6) is 0.360. The highest BCUT2D eigenvalue weighted by molar-refractivity contribution is 5.25. The van der Waals surface area contributed by atoms with E-state index < -0.39 is 0 Å². The Kier molecular flexibility index (Phi) is 2.76. The normalized spacial score (nSPS) is 10.4. The van der Waals surface area contributed by atoms with E-state index in [-0.39, 0.29) is 0 Å². The third-order valence-corrected chi connectivity index (χ3v) is 2.28. The number of aryl methyl sites for hydroxylation is 1. The molecule has 0 bridgehead atoms. The maximum absolute atomic E-state index is 5.71. The van der Waals surface area contributed by atoms with Crippen LogP contribution in [0, 0.1) is 6.92 Å². The number of hydrogen-bond acceptors (Lipinski definition) is 4. The fraction of sp³-hybridized carbons (Fsp3) is 0.273. The number of anilines is 1. The van der Waals surface area contributed by atoms with Gasteiger partial charge in [-0.25, -0.2) is 4.68 Å². The van der Waals surface area contributed by atoms with Crippen molar-refractivity contribution in [3.8, 4) is 6.01 Å². The molecule has 0 fully saturated rings. The third-order valence-electron chi connectivity index (χ3n) is 2.28. The van der Waals surface area contributed by atoms with Gasteiger partial charge in [-0.3, -0.25) is 0 Å². The molecule has 2 rings (SSSR count). The van der Waals surface area contributed by atoms with Crippen molar-refractivity contribution in [2.75, 3.05) is 12.8 Å². The van der Waals surface area contributed by atoms with E-state index in [2.05, 4.69) is 29.1 Å². The lowest BCUT2D eigenvalue weighted by atomic mass is 10.1. The van der Waals surface area contributed by atoms with E-state index in [1.807, 2.05) is 12.1 Å². The van der Waals surface area contributed by atoms with Crippen molar-refractivity contribution in [3.05, 3.63) is 35.4 Å². The summed E-state index contributed by atoms with van der Waals surface area (Å²) in [7, 11) is 1.52. The molecule has 0 saturated heterocycles. The van der Waals surface area contributed by atoms with Crippen LogP contribution in [-0.4, -0.2) is 21.9 Å². The van der Waals surface area contributed by atoms with E-state index in [0.29, 0.717) is 18.5 Å². The number of rotatable bonds is 3. The standard InChI is InChI=1S/C11H14N4O/c1-8-4-3-5-9(6-8)7-15-10(12)13-11(14-15)16-2/h3-6H,7H2,1-2H3,(H2,12,13,14). The Morgan fingerprint density at radius 3 is 2.88 bits per heavy atom. The number of nitrogens with two attached hydrogens (primary N) is 1. The molecule has 5 nitrogen and oxygen atoms in total. The lowest BCUT2D eigenvalue weighted by Gasteiger charge is -2.03. The molecular formula is C11H14N4O. The van der Waals surface area contributed by atoms with Crippen LogP contribution in [0.2, 0.25) is 0 Å². The predicted octanol–water partition coefficient (Wildman–Crippen LogP) is 1.23. The van der Waals surface area contributed by atoms with Crippen LogP contribution >= 0.6 is 0 Å². The van der Waals surface area contributed by atoms with Crippen LogP contribution < -0.4 is 10.5 Å². The molecular weight excluding hydrogens is 204 g/mol. The van der Waals surface area contributed by atoms with Gasteiger partial charge in [0.1, 0.15) is 0 Å². The molecule has 0 saturated carbocycles. The van der Waals surface area contributed by atoms with Crippen molar-refractivity contribution in [2.45, 2.75) is 13.5 Å². The van der Waals surface area contributed by atoms with Crippen LogP contribution in [-0.2, 0) is 6.54 Å². The van der Waals surface area contributed by atoms with Gasteiger partial charge in [0.05, 0.1) is 13.7 Å². The molecule has 2 aromatic rings. The van der Waals surface area contributed by atoms with Gasteiger partial charge in [0, 0.05) is 0 Å². The Bertz CT molecular complexity index is 492. The maximum Gasteiger partial charge on any atom is 0.337 e. The SMILES string of the molecule is COc1nc(N)n(Cc2cccc(C)c2)n1. The summed E-state index contributed by atoms with van der Waals surface area (Å²) in [5.41, 5.74) is 8.06. The van der Waals surface area contributed by atoms with E-state index >= 15 is 0 Å². The number of aromatic nitrogens is 3. The summed E-state index contributed by atoms with van der Waals surface area (Å²) >= 11 is 0. The fourth-order valence-electron chi connectivity index (χ4n) is 1.52. The van der Waals surface area contributed by atoms with E-state index in [1.165, 1.54) is 12.7 Å². The van der Waals surface area contributed by atoms with Gasteiger partial charge in [-0.1, -0.05) is 29.8 Å². The van der Waals surface area contributed by atoms with Crippen molar-refractivity contribution in [1.29, 1.82) is 0 Å². The van der Waals surface area contributed by atoms with Gasteiger partial charge < -0.3 is 10.5 Å². The van der Waals surface area contributed by atoms with Crippen LogP contribution in [0.4, 0.5) is 5.95 Å². The quantitative estimate of drug-likeness (QED) is 0.841. The summed E-state index contributed by atoms with van der Waals surface area (Å²) in [6, 6.07) is 8.47. The number of methoxy groups -OCH3 is 1. The maximum atomic E-state index is 5.71. The molecule has 0 aliphatic rings. The van der Waals surface area contributed by atoms with E-state index in [4.69, 9.17) is 10.5 Å². The van der Waals surface area contributed by atoms with Crippen molar-refractivity contribution in [1.82, 2.24) is 14.8 Å². The summed E-state index contributed by atoms with van der Waals surface area (Å²) in [6.07, 6.45) is 0. The first-order chi connectivity index (χ1) is 7.69. The van der Waals surface area contributed by atoms with Crippen molar-refractivity contribution in [3.63, 3.8) is 0 Å². The summed E-state index contributed by atoms with van der Waals surface area (Å²) < 4.78 is 6.53. The van der Waals surface area contributed by atoms with E-state index in [9.17, 15) is 0 Å². The van der Waals surface area contributed by atoms with Gasteiger partial charge in [0.15, 0.2) is 0 Å². The Morgan fingerprint density at radius 2 is 2.25 bits per heavy atom. The molecule has 84 valence electrons. The Labute approximate surface area is 93.9 Å². The minimum absolute atomic E-state index is 0.296. The molecule has 2 N–H and O–H groups in total. The second-order valence-electron chi connectivity index (χ2n) is 3.60. The Morgan fingerprint density at radius 1 is 1.44 bits per heavy atom. The van der Waals surface area contributed by atoms with E-state index in [1.54, 1.807) is 4.68 Å². The van der Waals surface area contributed by atoms with Crippen LogP contribution in [0.15, 0.2) is 24.3 Å². The molecule has 0 radical (unpaired) electrons. The van der Waals surface area contributed by atoms with Crippen molar-refractivity contribution in [2.24, 2.45) is 0 Å². The average Bonchev–Trinajstić information content (AvgIpc) is 2.60. The summed E-state index contributed by atoms with van der Waals surface area (Å²) in [5, 5.41) is 4.11. The Balaban J connectivity index is 2.23. The molecule has 0 aliphatic carbocycles. The van der Waals surface area contributed by atoms with Crippen LogP contribution in [0.3, 0.4) is 0 Å². The first-order valence-electron chi connectivity index (χ1n) is 4.99. The lowest BCUT2D eigenvalue weighted by molar-refractivity contribution is 0.377. The first kappa shape index (κ1) is 10.5. The van der Waals surface area contributed by atoms with Gasteiger partial charge in [-0.2, -0.15) is 4.98 Å². The summed E-state index contributed by atoms with van der Waals surface area (Å²) in [6.45, 7) is 2.65. The average molecular weight is 218 g/mol. The van der Waals surface area contributed by atoms with Gasteiger partial charge in [0.25, 0.3) is 0 Å². The minimum Gasteiger partial charge on any atom is -0.466 e. The highest BCUT2D eigenvalue weighted by Gasteiger charge is 2.06. The second kappa shape index (κ2) is 4.22. The number of nitrogen functional groups attached to an aromatic ring is 1. The minimum atomic E-state index is 0.296. The number of nitrogens with zero attached hydrogens (tertiary/aromatic N) is 3. The molecule has 1 aromatic heterocycles. The highest BCUT2D eigenvalue weighted by Crippen LogP contribution is 2.11. The molecule has 1 aromatic carbocycles. The highest BCUT2D eigenvalue weighted by atomic mass is 16.5. The molecule has 0 unspecified atom stereocenters. The van der Waals surface area contributed by atoms with Crippen LogP contribution in [0.25, 0.3) is 0 Å². The van der Waals surface area contributed by atoms with Gasteiger partial charge in [-0.15, -0.1) is 5.10 Å². The predicted molar refractivity (Wildman–Crippen MR) is 61.3 cm³/mol. The molecule has 5 heteroatoms. The fourth-order valence-corrected chi connectivity index (χ4v) is 1.52. The third kappa shape index (κ3) is 2.13. The van der Waals surface area contributed by atoms with E-state index in [0.717, 1.165) is 5.56 Å². The Hall–Kier alpha value is -2.04. The molecule has 0 atom stereocenters. The zero-order valence-electron chi connectivity index (χ0n) is 9.34. The second-order valence-corrected chi connectivity index (χ2v) is 3.60. The number of ether oxygens (including phenoxy) is 1. The van der Waals surface area contributed by atoms with Gasteiger partial charge in [0.2, 0.25) is 5.95 Å². The monoisotopic (exact) mass is 218 g/mol. The number of benzene rings is 1. The largest absolute Gasteiger partial charge is 0.466 e. The lowest BCUT2D eigenvalue weighted by Crippen LogP contribution is -2.06. The summed E-state index contributed by atoms with van der Waals surface area (Å²) in [4.78, 5) is 3.96.